The summed E-state index contributed by atoms with van der Waals surface area (Å²) < 4.78 is 13.4. The van der Waals surface area contributed by atoms with Crippen LogP contribution in [0.5, 0.6) is 11.5 Å². The van der Waals surface area contributed by atoms with Gasteiger partial charge in [0.1, 0.15) is 23.1 Å². The van der Waals surface area contributed by atoms with Gasteiger partial charge in [0.05, 0.1) is 31.9 Å². The van der Waals surface area contributed by atoms with Crippen LogP contribution in [0.3, 0.4) is 0 Å². The Morgan fingerprint density at radius 1 is 1.08 bits per heavy atom. The van der Waals surface area contributed by atoms with Gasteiger partial charge in [-0.15, -0.1) is 0 Å². The molecule has 0 bridgehead atoms. The van der Waals surface area contributed by atoms with Crippen LogP contribution in [0.25, 0.3) is 11.1 Å². The van der Waals surface area contributed by atoms with Gasteiger partial charge in [0, 0.05) is 63.3 Å². The van der Waals surface area contributed by atoms with Gasteiger partial charge in [0.15, 0.2) is 0 Å². The number of benzene rings is 2. The first-order valence-corrected chi connectivity index (χ1v) is 16.6. The minimum absolute atomic E-state index is 0.00398. The first-order chi connectivity index (χ1) is 22.7. The van der Waals surface area contributed by atoms with E-state index in [-0.39, 0.29) is 28.5 Å². The van der Waals surface area contributed by atoms with Crippen molar-refractivity contribution >= 4 is 11.6 Å². The van der Waals surface area contributed by atoms with Gasteiger partial charge in [0.25, 0.3) is 11.5 Å². The number of ether oxygens (including phenoxy) is 2. The molecular formula is C39H49N5O4. The summed E-state index contributed by atoms with van der Waals surface area (Å²) in [5.74, 6) is 1.32. The number of carbonyl (C=O) groups is 1. The van der Waals surface area contributed by atoms with E-state index in [2.05, 4.69) is 48.0 Å². The molecule has 1 fully saturated rings. The maximum Gasteiger partial charge on any atom is 0.264 e. The van der Waals surface area contributed by atoms with E-state index < -0.39 is 0 Å². The Morgan fingerprint density at radius 2 is 1.73 bits per heavy atom. The van der Waals surface area contributed by atoms with Crippen molar-refractivity contribution in [1.82, 2.24) is 14.4 Å². The van der Waals surface area contributed by atoms with Gasteiger partial charge in [-0.2, -0.15) is 5.26 Å². The molecule has 9 nitrogen and oxygen atoms in total. The monoisotopic (exact) mass is 651 g/mol. The average Bonchev–Trinajstić information content (AvgIpc) is 3.04. The highest BCUT2D eigenvalue weighted by molar-refractivity contribution is 5.97. The van der Waals surface area contributed by atoms with Crippen LogP contribution < -0.4 is 19.9 Å². The van der Waals surface area contributed by atoms with Crippen LogP contribution in [-0.4, -0.2) is 67.2 Å². The molecule has 5 rings (SSSR count). The molecule has 0 aliphatic carbocycles. The van der Waals surface area contributed by atoms with Gasteiger partial charge >= 0.3 is 0 Å². The number of aromatic nitrogens is 1. The van der Waals surface area contributed by atoms with Crippen molar-refractivity contribution in [2.24, 2.45) is 12.5 Å². The molecule has 3 aromatic rings. The van der Waals surface area contributed by atoms with Crippen molar-refractivity contribution < 1.29 is 14.3 Å². The van der Waals surface area contributed by atoms with E-state index in [1.165, 1.54) is 5.56 Å². The Bertz CT molecular complexity index is 1830. The number of nitriles is 1. The van der Waals surface area contributed by atoms with Gasteiger partial charge in [-0.1, -0.05) is 32.9 Å². The van der Waals surface area contributed by atoms with E-state index >= 15 is 0 Å². The molecule has 0 radical (unpaired) electrons. The van der Waals surface area contributed by atoms with E-state index in [0.29, 0.717) is 19.1 Å². The predicted octanol–water partition coefficient (Wildman–Crippen LogP) is 5.95. The molecule has 0 spiro atoms. The molecule has 1 unspecified atom stereocenters. The summed E-state index contributed by atoms with van der Waals surface area (Å²) in [6.07, 6.45) is 4.42. The van der Waals surface area contributed by atoms with Gasteiger partial charge < -0.3 is 23.8 Å². The van der Waals surface area contributed by atoms with E-state index in [0.717, 1.165) is 70.1 Å². The number of anilines is 1. The highest BCUT2D eigenvalue weighted by Crippen LogP contribution is 2.39. The summed E-state index contributed by atoms with van der Waals surface area (Å²) in [6, 6.07) is 13.0. The van der Waals surface area contributed by atoms with E-state index in [4.69, 9.17) is 9.47 Å². The Labute approximate surface area is 285 Å². The van der Waals surface area contributed by atoms with E-state index in [9.17, 15) is 14.9 Å². The lowest BCUT2D eigenvalue weighted by molar-refractivity contribution is -0.129. The van der Waals surface area contributed by atoms with Gasteiger partial charge in [-0.05, 0) is 79.1 Å². The summed E-state index contributed by atoms with van der Waals surface area (Å²) in [5, 5.41) is 9.75. The number of rotatable bonds is 8. The van der Waals surface area contributed by atoms with Crippen molar-refractivity contribution in [3.63, 3.8) is 0 Å². The fourth-order valence-electron chi connectivity index (χ4n) is 6.94. The number of pyridine rings is 1. The number of fused-ring (bicyclic) bond motifs is 1. The molecule has 254 valence electrons. The SMILES string of the molecule is COc1cc(-c2cn(C)c(=O)c(C)c2C)cc(OC)c1CN1CC(N(C)c2ccc3c(c2)C(C)N(C(=O)C(C#N)=CC(C)(C)C)CC3)C1. The summed E-state index contributed by atoms with van der Waals surface area (Å²) in [7, 11) is 7.27. The molecule has 3 heterocycles. The molecule has 1 atom stereocenters. The highest BCUT2D eigenvalue weighted by Gasteiger charge is 2.34. The lowest BCUT2D eigenvalue weighted by atomic mass is 9.90. The molecule has 2 aromatic carbocycles. The molecule has 1 aromatic heterocycles. The number of likely N-dealkylation sites (tertiary alicyclic amines) is 1. The van der Waals surface area contributed by atoms with Crippen LogP contribution in [0.2, 0.25) is 0 Å². The van der Waals surface area contributed by atoms with Crippen molar-refractivity contribution in [2.75, 3.05) is 45.8 Å². The van der Waals surface area contributed by atoms with Crippen molar-refractivity contribution in [3.8, 4) is 28.7 Å². The third kappa shape index (κ3) is 6.72. The third-order valence-electron chi connectivity index (χ3n) is 9.98. The maximum atomic E-state index is 13.4. The highest BCUT2D eigenvalue weighted by atomic mass is 16.5. The first kappa shape index (κ1) is 34.8. The summed E-state index contributed by atoms with van der Waals surface area (Å²) in [6.45, 7) is 14.9. The Hall–Kier alpha value is -4.55. The Balaban J connectivity index is 1.30. The maximum absolute atomic E-state index is 13.4. The van der Waals surface area contributed by atoms with Gasteiger partial charge in [-0.25, -0.2) is 0 Å². The van der Waals surface area contributed by atoms with Crippen LogP contribution in [0.15, 0.2) is 53.0 Å². The van der Waals surface area contributed by atoms with Crippen LogP contribution >= 0.6 is 0 Å². The number of hydrogen-bond donors (Lipinski definition) is 0. The van der Waals surface area contributed by atoms with Crippen molar-refractivity contribution in [3.05, 3.63) is 86.3 Å². The fraction of sp³-hybridized carbons (Fsp3) is 0.462. The molecule has 0 N–H and O–H groups in total. The normalized spacial score (nSPS) is 17.0. The second-order valence-electron chi connectivity index (χ2n) is 14.4. The number of allylic oxidation sites excluding steroid dienone is 1. The third-order valence-corrected chi connectivity index (χ3v) is 9.98. The number of carbonyl (C=O) groups excluding carboxylic acids is 1. The quantitative estimate of drug-likeness (QED) is 0.220. The minimum atomic E-state index is -0.257. The smallest absolute Gasteiger partial charge is 0.264 e. The zero-order valence-electron chi connectivity index (χ0n) is 30.1. The number of hydrogen-bond acceptors (Lipinski definition) is 7. The zero-order valence-corrected chi connectivity index (χ0v) is 30.1. The van der Waals surface area contributed by atoms with Crippen LogP contribution in [0.1, 0.15) is 61.6 Å². The summed E-state index contributed by atoms with van der Waals surface area (Å²) >= 11 is 0. The molecule has 48 heavy (non-hydrogen) atoms. The average molecular weight is 652 g/mol. The van der Waals surface area contributed by atoms with Crippen molar-refractivity contribution in [2.45, 2.75) is 66.6 Å². The predicted molar refractivity (Wildman–Crippen MR) is 191 cm³/mol. The second-order valence-corrected chi connectivity index (χ2v) is 14.4. The molecule has 9 heteroatoms. The van der Waals surface area contributed by atoms with Gasteiger partial charge in [-0.3, -0.25) is 14.5 Å². The number of methoxy groups -OCH3 is 2. The number of aryl methyl sites for hydroxylation is 1. The molecular weight excluding hydrogens is 602 g/mol. The topological polar surface area (TPSA) is 91.0 Å². The summed E-state index contributed by atoms with van der Waals surface area (Å²) in [4.78, 5) is 32.4. The second kappa shape index (κ2) is 13.5. The molecule has 0 saturated carbocycles. The van der Waals surface area contributed by atoms with Gasteiger partial charge in [0.2, 0.25) is 0 Å². The van der Waals surface area contributed by atoms with E-state index in [1.807, 2.05) is 57.8 Å². The number of likely N-dealkylation sites (N-methyl/N-ethyl adjacent to an activating group) is 1. The summed E-state index contributed by atoms with van der Waals surface area (Å²) in [5.41, 5.74) is 8.06. The minimum Gasteiger partial charge on any atom is -0.496 e. The number of amides is 1. The first-order valence-electron chi connectivity index (χ1n) is 16.6. The Morgan fingerprint density at radius 3 is 2.31 bits per heavy atom. The number of nitrogens with zero attached hydrogens (tertiary/aromatic N) is 5. The van der Waals surface area contributed by atoms with Crippen LogP contribution in [-0.2, 0) is 24.8 Å². The lowest BCUT2D eigenvalue weighted by Crippen LogP contribution is -2.58. The zero-order chi connectivity index (χ0) is 35.1. The lowest BCUT2D eigenvalue weighted by Gasteiger charge is -2.45. The Kier molecular flexibility index (Phi) is 9.79. The van der Waals surface area contributed by atoms with Crippen LogP contribution in [0.4, 0.5) is 5.69 Å². The van der Waals surface area contributed by atoms with E-state index in [1.54, 1.807) is 31.9 Å². The standard InChI is InChI=1S/C39H49N5O4/c1-24-25(2)37(45)41(7)22-33(24)28-15-35(47-9)34(36(16-28)48-10)23-43-20-31(21-43)42(8)30-12-11-27-13-14-44(26(3)32(27)17-30)38(46)29(19-40)18-39(4,5)6/h11-12,15-18,22,26,31H,13-14,20-21,23H2,1-10H3. The molecule has 1 saturated heterocycles. The molecule has 1 amide bonds. The molecule has 2 aliphatic heterocycles. The largest absolute Gasteiger partial charge is 0.496 e. The molecule has 2 aliphatic rings. The van der Waals surface area contributed by atoms with Crippen LogP contribution in [0, 0.1) is 30.6 Å². The fourth-order valence-corrected chi connectivity index (χ4v) is 6.94. The van der Waals surface area contributed by atoms with Crippen molar-refractivity contribution in [1.29, 1.82) is 5.26 Å².